The van der Waals surface area contributed by atoms with Crippen LogP contribution in [0.25, 0.3) is 5.57 Å². The van der Waals surface area contributed by atoms with Crippen LogP contribution < -0.4 is 10.1 Å². The highest BCUT2D eigenvalue weighted by atomic mass is 19.4. The molecule has 2 aliphatic rings. The molecule has 0 atom stereocenters. The Kier molecular flexibility index (Phi) is 7.61. The van der Waals surface area contributed by atoms with Crippen LogP contribution in [-0.2, 0) is 22.3 Å². The summed E-state index contributed by atoms with van der Waals surface area (Å²) in [5.41, 5.74) is 2.07. The standard InChI is InChI=1S/C25H28F3N3O4/c1-33-10-7-29-21-15-18(30-20-6-5-19(23(20)21)25(26,27)28)13-16-3-4-17(14-22(16)34-2)24(32)31-8-11-35-12-9-31/h3-5,14-15H,6-13H2,1-2H3,(H,29,30). The number of fused-ring (bicyclic) bond motifs is 1. The fourth-order valence-electron chi connectivity index (χ4n) is 4.35. The molecule has 0 unspecified atom stereocenters. The van der Waals surface area contributed by atoms with Crippen LogP contribution in [0.3, 0.4) is 0 Å². The number of allylic oxidation sites excluding steroid dienone is 2. The highest BCUT2D eigenvalue weighted by molar-refractivity contribution is 5.95. The van der Waals surface area contributed by atoms with E-state index in [9.17, 15) is 18.0 Å². The minimum absolute atomic E-state index is 0.0933. The van der Waals surface area contributed by atoms with E-state index >= 15 is 0 Å². The molecule has 1 aromatic heterocycles. The molecule has 2 heterocycles. The smallest absolute Gasteiger partial charge is 0.416 e. The van der Waals surface area contributed by atoms with Crippen molar-refractivity contribution in [2.24, 2.45) is 0 Å². The summed E-state index contributed by atoms with van der Waals surface area (Å²) in [7, 11) is 3.06. The molecule has 0 radical (unpaired) electrons. The zero-order valence-electron chi connectivity index (χ0n) is 19.7. The van der Waals surface area contributed by atoms with Gasteiger partial charge >= 0.3 is 6.18 Å². The number of carbonyl (C=O) groups excluding carboxylic acids is 1. The molecular formula is C25H28F3N3O4. The Morgan fingerprint density at radius 2 is 1.97 bits per heavy atom. The lowest BCUT2D eigenvalue weighted by atomic mass is 10.0. The van der Waals surface area contributed by atoms with Gasteiger partial charge in [-0.2, -0.15) is 13.2 Å². The van der Waals surface area contributed by atoms with Crippen LogP contribution in [0.1, 0.15) is 32.9 Å². The number of halogens is 3. The predicted molar refractivity (Wildman–Crippen MR) is 125 cm³/mol. The Morgan fingerprint density at radius 3 is 2.66 bits per heavy atom. The maximum Gasteiger partial charge on any atom is 0.416 e. The second-order valence-electron chi connectivity index (χ2n) is 8.33. The first-order valence-electron chi connectivity index (χ1n) is 11.4. The van der Waals surface area contributed by atoms with Gasteiger partial charge in [0.1, 0.15) is 5.75 Å². The molecule has 1 amide bonds. The average Bonchev–Trinajstić information content (AvgIpc) is 3.29. The Morgan fingerprint density at radius 1 is 1.20 bits per heavy atom. The van der Waals surface area contributed by atoms with Crippen LogP contribution in [0.15, 0.2) is 30.3 Å². The van der Waals surface area contributed by atoms with Crippen molar-refractivity contribution < 1.29 is 32.2 Å². The lowest BCUT2D eigenvalue weighted by Crippen LogP contribution is -2.40. The first-order valence-corrected chi connectivity index (χ1v) is 11.4. The zero-order chi connectivity index (χ0) is 25.0. The minimum atomic E-state index is -4.46. The van der Waals surface area contributed by atoms with Gasteiger partial charge in [0, 0.05) is 67.7 Å². The van der Waals surface area contributed by atoms with Gasteiger partial charge < -0.3 is 24.4 Å². The molecule has 0 bridgehead atoms. The van der Waals surface area contributed by atoms with E-state index in [1.807, 2.05) is 0 Å². The van der Waals surface area contributed by atoms with Crippen molar-refractivity contribution >= 4 is 17.2 Å². The van der Waals surface area contributed by atoms with E-state index in [1.54, 1.807) is 29.2 Å². The number of ether oxygens (including phenoxy) is 3. The van der Waals surface area contributed by atoms with Crippen LogP contribution in [0.2, 0.25) is 0 Å². The number of alkyl halides is 3. The van der Waals surface area contributed by atoms with E-state index in [0.29, 0.717) is 74.3 Å². The minimum Gasteiger partial charge on any atom is -0.496 e. The molecule has 1 N–H and O–H groups in total. The van der Waals surface area contributed by atoms with Gasteiger partial charge in [-0.25, -0.2) is 0 Å². The van der Waals surface area contributed by atoms with Crippen molar-refractivity contribution in [2.45, 2.75) is 19.0 Å². The van der Waals surface area contributed by atoms with Gasteiger partial charge in [-0.3, -0.25) is 9.78 Å². The number of rotatable bonds is 8. The van der Waals surface area contributed by atoms with Gasteiger partial charge in [-0.15, -0.1) is 0 Å². The molecule has 10 heteroatoms. The molecule has 188 valence electrons. The topological polar surface area (TPSA) is 72.9 Å². The number of anilines is 1. The van der Waals surface area contributed by atoms with Crippen LogP contribution >= 0.6 is 0 Å². The van der Waals surface area contributed by atoms with E-state index in [0.717, 1.165) is 5.56 Å². The van der Waals surface area contributed by atoms with Crippen LogP contribution in [-0.4, -0.2) is 75.6 Å². The number of pyridine rings is 1. The van der Waals surface area contributed by atoms with Crippen molar-refractivity contribution in [3.8, 4) is 5.75 Å². The molecule has 0 spiro atoms. The van der Waals surface area contributed by atoms with Gasteiger partial charge in [0.2, 0.25) is 0 Å². The maximum absolute atomic E-state index is 13.6. The van der Waals surface area contributed by atoms with E-state index in [2.05, 4.69) is 10.3 Å². The molecule has 1 aromatic carbocycles. The first kappa shape index (κ1) is 25.0. The number of hydrogen-bond acceptors (Lipinski definition) is 6. The van der Waals surface area contributed by atoms with Gasteiger partial charge in [0.05, 0.1) is 38.2 Å². The van der Waals surface area contributed by atoms with E-state index < -0.39 is 11.7 Å². The summed E-state index contributed by atoms with van der Waals surface area (Å²) in [6, 6.07) is 6.89. The second kappa shape index (κ2) is 10.7. The Labute approximate surface area is 201 Å². The Hall–Kier alpha value is -3.11. The third-order valence-electron chi connectivity index (χ3n) is 6.05. The highest BCUT2D eigenvalue weighted by Crippen LogP contribution is 2.43. The van der Waals surface area contributed by atoms with Gasteiger partial charge in [-0.1, -0.05) is 12.1 Å². The van der Waals surface area contributed by atoms with Gasteiger partial charge in [-0.05, 0) is 18.2 Å². The molecular weight excluding hydrogens is 463 g/mol. The number of benzene rings is 1. The van der Waals surface area contributed by atoms with E-state index in [-0.39, 0.29) is 17.9 Å². The molecule has 35 heavy (non-hydrogen) atoms. The monoisotopic (exact) mass is 491 g/mol. The largest absolute Gasteiger partial charge is 0.496 e. The van der Waals surface area contributed by atoms with Gasteiger partial charge in [0.15, 0.2) is 0 Å². The van der Waals surface area contributed by atoms with Crippen LogP contribution in [0.4, 0.5) is 18.9 Å². The Bertz CT molecular complexity index is 1110. The van der Waals surface area contributed by atoms with Crippen molar-refractivity contribution in [3.05, 3.63) is 58.4 Å². The summed E-state index contributed by atoms with van der Waals surface area (Å²) >= 11 is 0. The number of amides is 1. The van der Waals surface area contributed by atoms with Crippen molar-refractivity contribution in [1.82, 2.24) is 9.88 Å². The predicted octanol–water partition coefficient (Wildman–Crippen LogP) is 3.71. The molecule has 1 aliphatic carbocycles. The molecule has 7 nitrogen and oxygen atoms in total. The van der Waals surface area contributed by atoms with Crippen molar-refractivity contribution in [1.29, 1.82) is 0 Å². The summed E-state index contributed by atoms with van der Waals surface area (Å²) in [6.07, 6.45) is -2.84. The maximum atomic E-state index is 13.6. The summed E-state index contributed by atoms with van der Waals surface area (Å²) in [6.45, 7) is 2.81. The van der Waals surface area contributed by atoms with Crippen molar-refractivity contribution in [2.75, 3.05) is 59.0 Å². The molecule has 0 saturated carbocycles. The summed E-state index contributed by atoms with van der Waals surface area (Å²) in [5.74, 6) is 0.429. The quantitative estimate of drug-likeness (QED) is 0.568. The lowest BCUT2D eigenvalue weighted by molar-refractivity contribution is -0.0687. The number of aromatic nitrogens is 1. The van der Waals surface area contributed by atoms with Crippen LogP contribution in [0, 0.1) is 0 Å². The fraction of sp³-hybridized carbons (Fsp3) is 0.440. The molecule has 1 saturated heterocycles. The lowest BCUT2D eigenvalue weighted by Gasteiger charge is -2.27. The zero-order valence-corrected chi connectivity index (χ0v) is 19.7. The normalized spacial score (nSPS) is 15.6. The molecule has 4 rings (SSSR count). The summed E-state index contributed by atoms with van der Waals surface area (Å²) in [4.78, 5) is 19.1. The van der Waals surface area contributed by atoms with Crippen LogP contribution in [0.5, 0.6) is 5.75 Å². The number of nitrogens with one attached hydrogen (secondary N) is 1. The van der Waals surface area contributed by atoms with E-state index in [1.165, 1.54) is 20.3 Å². The molecule has 1 fully saturated rings. The SMILES string of the molecule is COCCNc1cc(Cc2ccc(C(=O)N3CCOCC3)cc2OC)nc2c1C(C(F)(F)F)=CC2. The summed E-state index contributed by atoms with van der Waals surface area (Å²) < 4.78 is 56.7. The molecule has 1 aliphatic heterocycles. The number of hydrogen-bond donors (Lipinski definition) is 1. The second-order valence-corrected chi connectivity index (χ2v) is 8.33. The van der Waals surface area contributed by atoms with Crippen molar-refractivity contribution in [3.63, 3.8) is 0 Å². The fourth-order valence-corrected chi connectivity index (χ4v) is 4.35. The molecule has 2 aromatic rings. The number of methoxy groups -OCH3 is 2. The van der Waals surface area contributed by atoms with E-state index in [4.69, 9.17) is 14.2 Å². The first-order chi connectivity index (χ1) is 16.8. The number of morpholine rings is 1. The number of carbonyl (C=O) groups is 1. The third-order valence-corrected chi connectivity index (χ3v) is 6.05. The Balaban J connectivity index is 1.61. The number of nitrogens with zero attached hydrogens (tertiary/aromatic N) is 2. The van der Waals surface area contributed by atoms with Gasteiger partial charge in [0.25, 0.3) is 5.91 Å². The summed E-state index contributed by atoms with van der Waals surface area (Å²) in [5, 5.41) is 3.07. The third kappa shape index (κ3) is 5.59. The average molecular weight is 492 g/mol. The highest BCUT2D eigenvalue weighted by Gasteiger charge is 2.40.